The van der Waals surface area contributed by atoms with E-state index in [-0.39, 0.29) is 5.97 Å². The minimum atomic E-state index is -0.384. The maximum absolute atomic E-state index is 11.9. The summed E-state index contributed by atoms with van der Waals surface area (Å²) >= 11 is 0. The molecule has 0 atom stereocenters. The van der Waals surface area contributed by atoms with Gasteiger partial charge in [-0.3, -0.25) is 0 Å². The average Bonchev–Trinajstić information content (AvgIpc) is 2.88. The van der Waals surface area contributed by atoms with Gasteiger partial charge in [-0.05, 0) is 67.8 Å². The Balaban J connectivity index is 1.34. The van der Waals surface area contributed by atoms with E-state index in [9.17, 15) is 4.79 Å². The lowest BCUT2D eigenvalue weighted by molar-refractivity contribution is -0.129. The number of hydrogen-bond donors (Lipinski definition) is 0. The normalized spacial score (nSPS) is 23.9. The quantitative estimate of drug-likeness (QED) is 0.194. The molecule has 3 aliphatic rings. The van der Waals surface area contributed by atoms with Gasteiger partial charge < -0.3 is 4.74 Å². The minimum absolute atomic E-state index is 0.370. The molecule has 182 valence electrons. The van der Waals surface area contributed by atoms with Gasteiger partial charge in [0.2, 0.25) is 0 Å². The van der Waals surface area contributed by atoms with E-state index in [1.165, 1.54) is 75.8 Å². The van der Waals surface area contributed by atoms with E-state index in [2.05, 4.69) is 48.1 Å². The number of carbonyl (C=O) groups is 1. The number of fused-ring (bicyclic) bond motifs is 3. The number of allylic oxidation sites excluding steroid dienone is 1. The maximum Gasteiger partial charge on any atom is 0.335 e. The SMILES string of the molecule is CCCC/C=C/C(=O)Oc1cnc(-c2ccc(C34CCC(CCCCC)(CC3)CC4)cc2)nc1. The van der Waals surface area contributed by atoms with Crippen LogP contribution in [0.4, 0.5) is 0 Å². The number of esters is 1. The molecule has 4 nitrogen and oxygen atoms in total. The first-order chi connectivity index (χ1) is 16.6. The van der Waals surface area contributed by atoms with E-state index in [1.54, 1.807) is 12.4 Å². The number of nitrogens with zero attached hydrogens (tertiary/aromatic N) is 2. The van der Waals surface area contributed by atoms with Crippen molar-refractivity contribution in [3.05, 3.63) is 54.4 Å². The van der Waals surface area contributed by atoms with Gasteiger partial charge in [-0.25, -0.2) is 14.8 Å². The highest BCUT2D eigenvalue weighted by Crippen LogP contribution is 2.59. The first kappa shape index (κ1) is 24.6. The zero-order valence-electron chi connectivity index (χ0n) is 21.0. The molecular formula is C30H40N2O2. The molecular weight excluding hydrogens is 420 g/mol. The maximum atomic E-state index is 11.9. The number of rotatable bonds is 11. The Labute approximate surface area is 205 Å². The molecule has 0 unspecified atom stereocenters. The van der Waals surface area contributed by atoms with Crippen LogP contribution in [0.25, 0.3) is 11.4 Å². The van der Waals surface area contributed by atoms with Gasteiger partial charge in [0.15, 0.2) is 11.6 Å². The topological polar surface area (TPSA) is 52.1 Å². The van der Waals surface area contributed by atoms with Crippen molar-refractivity contribution in [1.82, 2.24) is 9.97 Å². The lowest BCUT2D eigenvalue weighted by Gasteiger charge is -2.54. The molecule has 0 aliphatic heterocycles. The Morgan fingerprint density at radius 1 is 0.912 bits per heavy atom. The molecule has 0 amide bonds. The summed E-state index contributed by atoms with van der Waals surface area (Å²) in [5.74, 6) is 0.645. The van der Waals surface area contributed by atoms with Crippen LogP contribution in [0.1, 0.15) is 103 Å². The molecule has 3 aliphatic carbocycles. The number of unbranched alkanes of at least 4 members (excludes halogenated alkanes) is 4. The smallest absolute Gasteiger partial charge is 0.335 e. The first-order valence-electron chi connectivity index (χ1n) is 13.4. The molecule has 2 aromatic rings. The third kappa shape index (κ3) is 5.76. The Hall–Kier alpha value is -2.49. The van der Waals surface area contributed by atoms with Gasteiger partial charge in [0.05, 0.1) is 12.4 Å². The van der Waals surface area contributed by atoms with Gasteiger partial charge in [-0.1, -0.05) is 76.3 Å². The second kappa shape index (κ2) is 11.3. The third-order valence-electron chi connectivity index (χ3n) is 8.29. The van der Waals surface area contributed by atoms with Crippen molar-refractivity contribution in [2.75, 3.05) is 0 Å². The van der Waals surface area contributed by atoms with Gasteiger partial charge in [0.25, 0.3) is 0 Å². The van der Waals surface area contributed by atoms with E-state index in [0.29, 0.717) is 22.4 Å². The lowest BCUT2D eigenvalue weighted by atomic mass is 9.51. The van der Waals surface area contributed by atoms with Crippen molar-refractivity contribution < 1.29 is 9.53 Å². The number of hydrogen-bond acceptors (Lipinski definition) is 4. The summed E-state index contributed by atoms with van der Waals surface area (Å²) in [6.07, 6.45) is 23.3. The summed E-state index contributed by atoms with van der Waals surface area (Å²) in [5, 5.41) is 0. The molecule has 34 heavy (non-hydrogen) atoms. The molecule has 0 spiro atoms. The van der Waals surface area contributed by atoms with Crippen LogP contribution >= 0.6 is 0 Å². The molecule has 4 heteroatoms. The average molecular weight is 461 g/mol. The van der Waals surface area contributed by atoms with E-state index in [0.717, 1.165) is 24.8 Å². The van der Waals surface area contributed by atoms with Crippen molar-refractivity contribution in [3.63, 3.8) is 0 Å². The summed E-state index contributed by atoms with van der Waals surface area (Å²) in [6, 6.07) is 8.89. The van der Waals surface area contributed by atoms with Crippen LogP contribution in [0.3, 0.4) is 0 Å². The van der Waals surface area contributed by atoms with Crippen LogP contribution in [0.2, 0.25) is 0 Å². The van der Waals surface area contributed by atoms with Crippen LogP contribution in [0, 0.1) is 5.41 Å². The number of carbonyl (C=O) groups excluding carboxylic acids is 1. The van der Waals surface area contributed by atoms with Crippen molar-refractivity contribution >= 4 is 5.97 Å². The fourth-order valence-corrected chi connectivity index (χ4v) is 5.96. The van der Waals surface area contributed by atoms with Crippen LogP contribution in [-0.2, 0) is 10.2 Å². The summed E-state index contributed by atoms with van der Waals surface area (Å²) < 4.78 is 5.30. The van der Waals surface area contributed by atoms with E-state index < -0.39 is 0 Å². The monoisotopic (exact) mass is 460 g/mol. The van der Waals surface area contributed by atoms with E-state index in [4.69, 9.17) is 4.74 Å². The Kier molecular flexibility index (Phi) is 8.18. The molecule has 1 aromatic heterocycles. The first-order valence-corrected chi connectivity index (χ1v) is 13.4. The molecule has 5 rings (SSSR count). The van der Waals surface area contributed by atoms with E-state index >= 15 is 0 Å². The second-order valence-corrected chi connectivity index (χ2v) is 10.5. The molecule has 1 aromatic carbocycles. The summed E-state index contributed by atoms with van der Waals surface area (Å²) in [6.45, 7) is 4.43. The van der Waals surface area contributed by atoms with Crippen molar-refractivity contribution in [3.8, 4) is 17.1 Å². The summed E-state index contributed by atoms with van der Waals surface area (Å²) in [5.41, 5.74) is 3.49. The van der Waals surface area contributed by atoms with Gasteiger partial charge in [-0.15, -0.1) is 0 Å². The number of ether oxygens (including phenoxy) is 1. The minimum Gasteiger partial charge on any atom is -0.420 e. The molecule has 0 radical (unpaired) electrons. The van der Waals surface area contributed by atoms with Gasteiger partial charge in [0.1, 0.15) is 0 Å². The zero-order valence-corrected chi connectivity index (χ0v) is 21.0. The highest BCUT2D eigenvalue weighted by Gasteiger charge is 2.48. The Morgan fingerprint density at radius 3 is 2.18 bits per heavy atom. The zero-order chi connectivity index (χ0) is 23.9. The highest BCUT2D eigenvalue weighted by molar-refractivity contribution is 5.83. The molecule has 1 heterocycles. The lowest BCUT2D eigenvalue weighted by Crippen LogP contribution is -2.44. The predicted molar refractivity (Wildman–Crippen MR) is 138 cm³/mol. The Morgan fingerprint density at radius 2 is 1.56 bits per heavy atom. The largest absolute Gasteiger partial charge is 0.420 e. The van der Waals surface area contributed by atoms with Gasteiger partial charge in [0, 0.05) is 11.6 Å². The van der Waals surface area contributed by atoms with Crippen LogP contribution in [0.15, 0.2) is 48.8 Å². The van der Waals surface area contributed by atoms with Crippen molar-refractivity contribution in [1.29, 1.82) is 0 Å². The van der Waals surface area contributed by atoms with Gasteiger partial charge in [-0.2, -0.15) is 0 Å². The fourth-order valence-electron chi connectivity index (χ4n) is 5.96. The fraction of sp³-hybridized carbons (Fsp3) is 0.567. The molecule has 0 N–H and O–H groups in total. The third-order valence-corrected chi connectivity index (χ3v) is 8.29. The van der Waals surface area contributed by atoms with Crippen molar-refractivity contribution in [2.45, 2.75) is 103 Å². The number of aromatic nitrogens is 2. The molecule has 3 fully saturated rings. The molecule has 0 saturated heterocycles. The summed E-state index contributed by atoms with van der Waals surface area (Å²) in [7, 11) is 0. The standard InChI is InChI=1S/C30H40N2O2/c1-3-5-7-8-10-27(33)34-26-22-31-28(32-23-26)24-11-13-25(14-12-24)30-19-16-29(17-20-30,18-21-30)15-9-6-4-2/h8,10-14,22-23H,3-7,9,15-21H2,1-2H3/b10-8+. The molecule has 3 saturated carbocycles. The van der Waals surface area contributed by atoms with Crippen molar-refractivity contribution in [2.24, 2.45) is 5.41 Å². The second-order valence-electron chi connectivity index (χ2n) is 10.5. The van der Waals surface area contributed by atoms with Crippen LogP contribution < -0.4 is 4.74 Å². The van der Waals surface area contributed by atoms with E-state index in [1.807, 2.05) is 6.08 Å². The predicted octanol–water partition coefficient (Wildman–Crippen LogP) is 7.97. The van der Waals surface area contributed by atoms with Crippen LogP contribution in [0.5, 0.6) is 5.75 Å². The van der Waals surface area contributed by atoms with Crippen LogP contribution in [-0.4, -0.2) is 15.9 Å². The summed E-state index contributed by atoms with van der Waals surface area (Å²) in [4.78, 5) is 20.8. The Bertz CT molecular complexity index is 938. The number of benzene rings is 1. The molecule has 2 bridgehead atoms. The van der Waals surface area contributed by atoms with Gasteiger partial charge >= 0.3 is 5.97 Å². The highest BCUT2D eigenvalue weighted by atomic mass is 16.5.